The molecule has 1 aliphatic rings. The molecule has 0 radical (unpaired) electrons. The molecular formula is C20H25N3O2. The number of nitrogens with zero attached hydrogens (tertiary/aromatic N) is 2. The molecule has 2 atom stereocenters. The SMILES string of the molecule is CCOc1ccccc1CNC[C@@H]1CC(=O)N(C)[C@H]1c1cccnc1. The third kappa shape index (κ3) is 3.99. The minimum atomic E-state index is 0.0795. The van der Waals surface area contributed by atoms with Crippen LogP contribution in [0.2, 0.25) is 0 Å². The Balaban J connectivity index is 1.65. The van der Waals surface area contributed by atoms with E-state index in [1.165, 1.54) is 0 Å². The summed E-state index contributed by atoms with van der Waals surface area (Å²) in [6.07, 6.45) is 4.19. The maximum Gasteiger partial charge on any atom is 0.223 e. The quantitative estimate of drug-likeness (QED) is 0.843. The van der Waals surface area contributed by atoms with Crippen LogP contribution in [0.3, 0.4) is 0 Å². The number of para-hydroxylation sites is 1. The fourth-order valence-corrected chi connectivity index (χ4v) is 3.52. The smallest absolute Gasteiger partial charge is 0.223 e. The van der Waals surface area contributed by atoms with Crippen molar-refractivity contribution < 1.29 is 9.53 Å². The van der Waals surface area contributed by atoms with E-state index in [0.717, 1.165) is 30.0 Å². The van der Waals surface area contributed by atoms with Crippen LogP contribution in [0.5, 0.6) is 5.75 Å². The van der Waals surface area contributed by atoms with Crippen molar-refractivity contribution in [3.05, 3.63) is 59.9 Å². The lowest BCUT2D eigenvalue weighted by Gasteiger charge is -2.25. The maximum absolute atomic E-state index is 12.2. The number of nitrogens with one attached hydrogen (secondary N) is 1. The van der Waals surface area contributed by atoms with Gasteiger partial charge >= 0.3 is 0 Å². The number of likely N-dealkylation sites (tertiary alicyclic amines) is 1. The van der Waals surface area contributed by atoms with Crippen molar-refractivity contribution in [2.75, 3.05) is 20.2 Å². The van der Waals surface area contributed by atoms with Crippen molar-refractivity contribution in [3.8, 4) is 5.75 Å². The van der Waals surface area contributed by atoms with Gasteiger partial charge < -0.3 is 15.0 Å². The fraction of sp³-hybridized carbons (Fsp3) is 0.400. The molecule has 2 heterocycles. The summed E-state index contributed by atoms with van der Waals surface area (Å²) in [6.45, 7) is 4.14. The summed E-state index contributed by atoms with van der Waals surface area (Å²) in [5.41, 5.74) is 2.23. The van der Waals surface area contributed by atoms with E-state index in [1.807, 2.05) is 55.4 Å². The molecule has 1 amide bonds. The van der Waals surface area contributed by atoms with E-state index in [4.69, 9.17) is 4.74 Å². The lowest BCUT2D eigenvalue weighted by atomic mass is 9.94. The number of pyridine rings is 1. The Hall–Kier alpha value is -2.40. The molecule has 0 unspecified atom stereocenters. The standard InChI is InChI=1S/C20H25N3O2/c1-3-25-18-9-5-4-7-15(18)12-22-14-17-11-19(24)23(2)20(17)16-8-6-10-21-13-16/h4-10,13,17,20,22H,3,11-12,14H2,1-2H3/t17-,20-/m0/s1. The van der Waals surface area contributed by atoms with E-state index in [-0.39, 0.29) is 17.9 Å². The third-order valence-corrected chi connectivity index (χ3v) is 4.71. The number of ether oxygens (including phenoxy) is 1. The number of benzene rings is 1. The van der Waals surface area contributed by atoms with Gasteiger partial charge in [-0.2, -0.15) is 0 Å². The third-order valence-electron chi connectivity index (χ3n) is 4.71. The Labute approximate surface area is 149 Å². The second-order valence-corrected chi connectivity index (χ2v) is 6.37. The van der Waals surface area contributed by atoms with E-state index < -0.39 is 0 Å². The van der Waals surface area contributed by atoms with E-state index in [9.17, 15) is 4.79 Å². The molecule has 0 bridgehead atoms. The second-order valence-electron chi connectivity index (χ2n) is 6.37. The summed E-state index contributed by atoms with van der Waals surface area (Å²) >= 11 is 0. The highest BCUT2D eigenvalue weighted by atomic mass is 16.5. The largest absolute Gasteiger partial charge is 0.494 e. The number of hydrogen-bond acceptors (Lipinski definition) is 4. The Morgan fingerprint density at radius 3 is 2.88 bits per heavy atom. The van der Waals surface area contributed by atoms with Crippen molar-refractivity contribution in [1.29, 1.82) is 0 Å². The second kappa shape index (κ2) is 8.12. The normalized spacial score (nSPS) is 20.1. The number of carbonyl (C=O) groups excluding carboxylic acids is 1. The molecule has 132 valence electrons. The van der Waals surface area contributed by atoms with Gasteiger partial charge in [-0.25, -0.2) is 0 Å². The average Bonchev–Trinajstić information content (AvgIpc) is 2.91. The Morgan fingerprint density at radius 1 is 1.28 bits per heavy atom. The molecule has 3 rings (SSSR count). The van der Waals surface area contributed by atoms with Gasteiger partial charge in [0, 0.05) is 50.4 Å². The summed E-state index contributed by atoms with van der Waals surface area (Å²) in [4.78, 5) is 18.3. The molecule has 1 aromatic heterocycles. The highest BCUT2D eigenvalue weighted by molar-refractivity contribution is 5.79. The van der Waals surface area contributed by atoms with E-state index >= 15 is 0 Å². The summed E-state index contributed by atoms with van der Waals surface area (Å²) in [6, 6.07) is 12.1. The molecule has 5 heteroatoms. The molecule has 1 N–H and O–H groups in total. The number of aromatic nitrogens is 1. The molecular weight excluding hydrogens is 314 g/mol. The molecule has 1 aliphatic heterocycles. The topological polar surface area (TPSA) is 54.5 Å². The van der Waals surface area contributed by atoms with Crippen LogP contribution in [0.4, 0.5) is 0 Å². The van der Waals surface area contributed by atoms with Gasteiger partial charge in [-0.3, -0.25) is 9.78 Å². The van der Waals surface area contributed by atoms with Crippen LogP contribution in [0.15, 0.2) is 48.8 Å². The van der Waals surface area contributed by atoms with Gasteiger partial charge in [0.2, 0.25) is 5.91 Å². The van der Waals surface area contributed by atoms with Crippen molar-refractivity contribution >= 4 is 5.91 Å². The first kappa shape index (κ1) is 17.4. The van der Waals surface area contributed by atoms with Crippen LogP contribution < -0.4 is 10.1 Å². The molecule has 0 aliphatic carbocycles. The lowest BCUT2D eigenvalue weighted by molar-refractivity contribution is -0.127. The highest BCUT2D eigenvalue weighted by Gasteiger charge is 2.38. The van der Waals surface area contributed by atoms with Gasteiger partial charge in [0.05, 0.1) is 12.6 Å². The molecule has 2 aromatic rings. The zero-order valence-corrected chi connectivity index (χ0v) is 14.8. The molecule has 1 fully saturated rings. The first-order valence-corrected chi connectivity index (χ1v) is 8.77. The summed E-state index contributed by atoms with van der Waals surface area (Å²) in [5, 5.41) is 3.50. The summed E-state index contributed by atoms with van der Waals surface area (Å²) < 4.78 is 5.67. The van der Waals surface area contributed by atoms with Crippen molar-refractivity contribution in [3.63, 3.8) is 0 Å². The predicted octanol–water partition coefficient (Wildman–Crippen LogP) is 2.79. The lowest BCUT2D eigenvalue weighted by Crippen LogP contribution is -2.29. The Kier molecular flexibility index (Phi) is 5.66. The minimum absolute atomic E-state index is 0.0795. The van der Waals surface area contributed by atoms with E-state index in [2.05, 4.69) is 16.4 Å². The molecule has 1 aromatic carbocycles. The predicted molar refractivity (Wildman–Crippen MR) is 97.2 cm³/mol. The van der Waals surface area contributed by atoms with Crippen LogP contribution in [-0.4, -0.2) is 36.0 Å². The van der Waals surface area contributed by atoms with Crippen LogP contribution in [0, 0.1) is 5.92 Å². The van der Waals surface area contributed by atoms with Gasteiger partial charge in [0.15, 0.2) is 0 Å². The molecule has 1 saturated heterocycles. The van der Waals surface area contributed by atoms with Gasteiger partial charge in [-0.05, 0) is 24.6 Å². The average molecular weight is 339 g/mol. The molecule has 5 nitrogen and oxygen atoms in total. The highest BCUT2D eigenvalue weighted by Crippen LogP contribution is 2.36. The first-order chi connectivity index (χ1) is 12.2. The molecule has 0 spiro atoms. The van der Waals surface area contributed by atoms with Crippen LogP contribution in [0.1, 0.15) is 30.5 Å². The van der Waals surface area contributed by atoms with E-state index in [0.29, 0.717) is 13.0 Å². The van der Waals surface area contributed by atoms with Gasteiger partial charge in [-0.15, -0.1) is 0 Å². The Morgan fingerprint density at radius 2 is 2.12 bits per heavy atom. The van der Waals surface area contributed by atoms with Gasteiger partial charge in [-0.1, -0.05) is 24.3 Å². The Bertz CT molecular complexity index is 705. The number of carbonyl (C=O) groups is 1. The van der Waals surface area contributed by atoms with E-state index in [1.54, 1.807) is 6.20 Å². The van der Waals surface area contributed by atoms with Crippen molar-refractivity contribution in [2.45, 2.75) is 25.9 Å². The summed E-state index contributed by atoms with van der Waals surface area (Å²) in [7, 11) is 1.88. The minimum Gasteiger partial charge on any atom is -0.494 e. The molecule has 25 heavy (non-hydrogen) atoms. The fourth-order valence-electron chi connectivity index (χ4n) is 3.52. The zero-order valence-electron chi connectivity index (χ0n) is 14.8. The van der Waals surface area contributed by atoms with Crippen LogP contribution in [0.25, 0.3) is 0 Å². The van der Waals surface area contributed by atoms with Crippen LogP contribution >= 0.6 is 0 Å². The zero-order chi connectivity index (χ0) is 17.6. The monoisotopic (exact) mass is 339 g/mol. The van der Waals surface area contributed by atoms with Crippen molar-refractivity contribution in [1.82, 2.24) is 15.2 Å². The van der Waals surface area contributed by atoms with Crippen molar-refractivity contribution in [2.24, 2.45) is 5.92 Å². The number of hydrogen-bond donors (Lipinski definition) is 1. The van der Waals surface area contributed by atoms with Crippen LogP contribution in [-0.2, 0) is 11.3 Å². The maximum atomic E-state index is 12.2. The number of rotatable bonds is 7. The summed E-state index contributed by atoms with van der Waals surface area (Å²) in [5.74, 6) is 1.34. The van der Waals surface area contributed by atoms with Gasteiger partial charge in [0.1, 0.15) is 5.75 Å². The first-order valence-electron chi connectivity index (χ1n) is 8.77. The van der Waals surface area contributed by atoms with Gasteiger partial charge in [0.25, 0.3) is 0 Å². The molecule has 0 saturated carbocycles. The number of amides is 1.